The molecule has 6 aliphatic rings. The summed E-state index contributed by atoms with van der Waals surface area (Å²) in [6, 6.07) is 0. The topological polar surface area (TPSA) is 78.9 Å². The van der Waals surface area contributed by atoms with E-state index in [4.69, 9.17) is 14.2 Å². The second-order valence-electron chi connectivity index (χ2n) is 10.9. The van der Waals surface area contributed by atoms with Crippen molar-refractivity contribution in [3.05, 3.63) is 12.2 Å². The normalized spacial score (nSPS) is 50.9. The molecule has 6 nitrogen and oxygen atoms in total. The molecule has 164 valence electrons. The van der Waals surface area contributed by atoms with Crippen LogP contribution in [0.4, 0.5) is 0 Å². The van der Waals surface area contributed by atoms with Gasteiger partial charge in [0.05, 0.1) is 0 Å². The van der Waals surface area contributed by atoms with Crippen LogP contribution in [-0.4, -0.2) is 36.2 Å². The summed E-state index contributed by atoms with van der Waals surface area (Å²) in [7, 11) is 0. The van der Waals surface area contributed by atoms with E-state index < -0.39 is 23.7 Å². The minimum absolute atomic E-state index is 0.141. The summed E-state index contributed by atoms with van der Waals surface area (Å²) in [5.41, 5.74) is -0.0416. The van der Waals surface area contributed by atoms with Gasteiger partial charge >= 0.3 is 17.9 Å². The first kappa shape index (κ1) is 20.1. The molecule has 0 aromatic carbocycles. The molecule has 1 saturated heterocycles. The molecule has 0 amide bonds. The maximum absolute atomic E-state index is 13.3. The molecule has 0 N–H and O–H groups in total. The Hall–Kier alpha value is -1.85. The maximum Gasteiger partial charge on any atom is 0.316 e. The van der Waals surface area contributed by atoms with Gasteiger partial charge in [0.2, 0.25) is 0 Å². The van der Waals surface area contributed by atoms with E-state index in [-0.39, 0.29) is 34.7 Å². The fraction of sp³-hybridized carbons (Fsp3) is 0.792. The van der Waals surface area contributed by atoms with Crippen LogP contribution in [0.2, 0.25) is 0 Å². The lowest BCUT2D eigenvalue weighted by molar-refractivity contribution is -0.256. The first-order valence-corrected chi connectivity index (χ1v) is 11.3. The third-order valence-corrected chi connectivity index (χ3v) is 9.55. The Kier molecular flexibility index (Phi) is 4.08. The van der Waals surface area contributed by atoms with E-state index in [1.54, 1.807) is 0 Å². The van der Waals surface area contributed by atoms with Crippen LogP contribution in [0, 0.1) is 34.0 Å². The van der Waals surface area contributed by atoms with Crippen molar-refractivity contribution in [3.8, 4) is 0 Å². The van der Waals surface area contributed by atoms with Crippen molar-refractivity contribution < 1.29 is 28.6 Å². The van der Waals surface area contributed by atoms with E-state index in [9.17, 15) is 14.4 Å². The largest absolute Gasteiger partial charge is 0.461 e. The lowest BCUT2D eigenvalue weighted by Crippen LogP contribution is -2.70. The quantitative estimate of drug-likeness (QED) is 0.389. The highest BCUT2D eigenvalue weighted by atomic mass is 16.6. The molecule has 2 bridgehead atoms. The molecular weight excluding hydrogens is 384 g/mol. The Morgan fingerprint density at radius 1 is 1.10 bits per heavy atom. The van der Waals surface area contributed by atoms with E-state index >= 15 is 0 Å². The van der Waals surface area contributed by atoms with Crippen molar-refractivity contribution in [3.63, 3.8) is 0 Å². The van der Waals surface area contributed by atoms with Gasteiger partial charge in [-0.05, 0) is 62.7 Å². The summed E-state index contributed by atoms with van der Waals surface area (Å²) >= 11 is 0. The molecule has 6 heteroatoms. The van der Waals surface area contributed by atoms with Gasteiger partial charge in [0.15, 0.2) is 0 Å². The van der Waals surface area contributed by atoms with E-state index in [1.165, 1.54) is 19.4 Å². The molecule has 5 aliphatic carbocycles. The van der Waals surface area contributed by atoms with Crippen LogP contribution < -0.4 is 0 Å². The fourth-order valence-corrected chi connectivity index (χ4v) is 8.55. The van der Waals surface area contributed by atoms with Crippen molar-refractivity contribution in [2.45, 2.75) is 84.5 Å². The second kappa shape index (κ2) is 6.10. The molecule has 1 aliphatic heterocycles. The SMILES string of the molecule is C=C1C[C@]23CC[C@H]1C[C@H]2[C@]1(C)CC[C@@H](OC(C)=O)[C@@]2(C)C(=O)O[C@H]([C@H]12)[C@@H]3OC(C)=O. The Morgan fingerprint density at radius 2 is 1.80 bits per heavy atom. The zero-order valence-corrected chi connectivity index (χ0v) is 18.4. The molecule has 0 aromatic heterocycles. The van der Waals surface area contributed by atoms with Crippen molar-refractivity contribution in [2.24, 2.45) is 34.0 Å². The van der Waals surface area contributed by atoms with Crippen LogP contribution in [0.5, 0.6) is 0 Å². The van der Waals surface area contributed by atoms with Crippen LogP contribution in [0.25, 0.3) is 0 Å². The number of carbonyl (C=O) groups excluding carboxylic acids is 3. The molecule has 1 spiro atoms. The smallest absolute Gasteiger partial charge is 0.316 e. The summed E-state index contributed by atoms with van der Waals surface area (Å²) in [4.78, 5) is 37.3. The fourth-order valence-electron chi connectivity index (χ4n) is 8.55. The zero-order chi connectivity index (χ0) is 21.6. The summed E-state index contributed by atoms with van der Waals surface area (Å²) in [5.74, 6) is -0.367. The molecule has 6 rings (SSSR count). The predicted octanol–water partition coefficient (Wildman–Crippen LogP) is 3.57. The third-order valence-electron chi connectivity index (χ3n) is 9.55. The summed E-state index contributed by atoms with van der Waals surface area (Å²) in [6.45, 7) is 11.4. The van der Waals surface area contributed by atoms with Crippen molar-refractivity contribution in [2.75, 3.05) is 0 Å². The highest BCUT2D eigenvalue weighted by Gasteiger charge is 2.78. The van der Waals surface area contributed by atoms with Crippen LogP contribution >= 0.6 is 0 Å². The van der Waals surface area contributed by atoms with Gasteiger partial charge in [0.1, 0.15) is 23.7 Å². The number of esters is 3. The first-order valence-electron chi connectivity index (χ1n) is 11.3. The number of fused-ring (bicyclic) bond motifs is 2. The number of hydrogen-bond acceptors (Lipinski definition) is 6. The van der Waals surface area contributed by atoms with Gasteiger partial charge in [-0.25, -0.2) is 0 Å². The monoisotopic (exact) mass is 416 g/mol. The summed E-state index contributed by atoms with van der Waals surface area (Å²) < 4.78 is 17.7. The van der Waals surface area contributed by atoms with Crippen LogP contribution in [0.1, 0.15) is 66.2 Å². The molecular formula is C24H32O6. The van der Waals surface area contributed by atoms with Gasteiger partial charge in [-0.3, -0.25) is 14.4 Å². The van der Waals surface area contributed by atoms with Gasteiger partial charge in [-0.1, -0.05) is 19.1 Å². The van der Waals surface area contributed by atoms with E-state index in [0.29, 0.717) is 18.3 Å². The van der Waals surface area contributed by atoms with Crippen LogP contribution in [0.3, 0.4) is 0 Å². The van der Waals surface area contributed by atoms with E-state index in [2.05, 4.69) is 13.5 Å². The summed E-state index contributed by atoms with van der Waals surface area (Å²) in [5, 5.41) is 0. The average Bonchev–Trinajstić information content (AvgIpc) is 2.94. The van der Waals surface area contributed by atoms with Crippen LogP contribution in [-0.2, 0) is 28.6 Å². The Morgan fingerprint density at radius 3 is 2.43 bits per heavy atom. The zero-order valence-electron chi connectivity index (χ0n) is 18.4. The molecule has 0 unspecified atom stereocenters. The van der Waals surface area contributed by atoms with Gasteiger partial charge in [0.25, 0.3) is 0 Å². The highest BCUT2D eigenvalue weighted by molar-refractivity contribution is 5.82. The Bertz CT molecular complexity index is 849. The minimum Gasteiger partial charge on any atom is -0.461 e. The summed E-state index contributed by atoms with van der Waals surface area (Å²) in [6.07, 6.45) is 3.93. The minimum atomic E-state index is -0.920. The Labute approximate surface area is 177 Å². The van der Waals surface area contributed by atoms with Gasteiger partial charge in [0, 0.05) is 25.2 Å². The molecule has 1 heterocycles. The van der Waals surface area contributed by atoms with Crippen molar-refractivity contribution in [1.82, 2.24) is 0 Å². The van der Waals surface area contributed by atoms with Crippen molar-refractivity contribution >= 4 is 17.9 Å². The van der Waals surface area contributed by atoms with E-state index in [1.807, 2.05) is 6.92 Å². The molecule has 5 saturated carbocycles. The highest BCUT2D eigenvalue weighted by Crippen LogP contribution is 2.74. The standard InChI is InChI=1S/C24H32O6/c1-12-11-24-9-6-15(12)10-16(24)22(4)8-7-17(28-13(2)25)23(5)19(22)18(30-21(23)27)20(24)29-14(3)26/h15-20H,1,6-11H2,2-5H3/t15-,16-,17+,18+,19+,20-,22-,23+,24+/m0/s1. The molecule has 6 fully saturated rings. The number of hydrogen-bond donors (Lipinski definition) is 0. The molecule has 30 heavy (non-hydrogen) atoms. The first-order chi connectivity index (χ1) is 14.0. The van der Waals surface area contributed by atoms with E-state index in [0.717, 1.165) is 32.1 Å². The third kappa shape index (κ3) is 2.28. The number of allylic oxidation sites excluding steroid dienone is 1. The number of ether oxygens (including phenoxy) is 3. The maximum atomic E-state index is 13.3. The number of rotatable bonds is 2. The van der Waals surface area contributed by atoms with Gasteiger partial charge < -0.3 is 14.2 Å². The van der Waals surface area contributed by atoms with Gasteiger partial charge in [-0.2, -0.15) is 0 Å². The average molecular weight is 417 g/mol. The van der Waals surface area contributed by atoms with Crippen LogP contribution in [0.15, 0.2) is 12.2 Å². The lowest BCUT2D eigenvalue weighted by Gasteiger charge is -2.69. The molecule has 0 radical (unpaired) electrons. The van der Waals surface area contributed by atoms with Crippen molar-refractivity contribution in [1.29, 1.82) is 0 Å². The molecule has 0 aromatic rings. The number of carbonyl (C=O) groups is 3. The van der Waals surface area contributed by atoms with Gasteiger partial charge in [-0.15, -0.1) is 0 Å². The Balaban J connectivity index is 1.66. The molecule has 9 atom stereocenters. The lowest BCUT2D eigenvalue weighted by atomic mass is 9.35. The second-order valence-corrected chi connectivity index (χ2v) is 10.9. The predicted molar refractivity (Wildman–Crippen MR) is 107 cm³/mol.